The van der Waals surface area contributed by atoms with E-state index < -0.39 is 5.97 Å². The van der Waals surface area contributed by atoms with Crippen molar-refractivity contribution in [3.05, 3.63) is 30.2 Å². The van der Waals surface area contributed by atoms with Crippen molar-refractivity contribution in [3.8, 4) is 0 Å². The second-order valence-electron chi connectivity index (χ2n) is 3.74. The van der Waals surface area contributed by atoms with Gasteiger partial charge in [-0.05, 0) is 6.07 Å². The van der Waals surface area contributed by atoms with Crippen LogP contribution in [0.4, 0.5) is 11.5 Å². The monoisotopic (exact) mass is 262 g/mol. The van der Waals surface area contributed by atoms with Gasteiger partial charge in [-0.1, -0.05) is 5.21 Å². The normalized spacial score (nSPS) is 10.2. The van der Waals surface area contributed by atoms with Crippen LogP contribution in [0.25, 0.3) is 0 Å². The number of carbonyl (C=O) groups excluding carboxylic acids is 1. The molecule has 8 heteroatoms. The van der Waals surface area contributed by atoms with Gasteiger partial charge in [-0.3, -0.25) is 4.68 Å². The van der Waals surface area contributed by atoms with Gasteiger partial charge in [0, 0.05) is 12.7 Å². The molecule has 0 spiro atoms. The van der Waals surface area contributed by atoms with Gasteiger partial charge in [-0.15, -0.1) is 5.10 Å². The highest BCUT2D eigenvalue weighted by molar-refractivity contribution is 5.96. The molecule has 0 bridgehead atoms. The van der Waals surface area contributed by atoms with E-state index in [0.29, 0.717) is 24.3 Å². The number of esters is 1. The Kier molecular flexibility index (Phi) is 3.91. The lowest BCUT2D eigenvalue weighted by Gasteiger charge is -2.10. The summed E-state index contributed by atoms with van der Waals surface area (Å²) in [7, 11) is 1.32. The number of nitrogen functional groups attached to an aromatic ring is 1. The number of nitrogens with zero attached hydrogens (tertiary/aromatic N) is 4. The quantitative estimate of drug-likeness (QED) is 0.738. The summed E-state index contributed by atoms with van der Waals surface area (Å²) in [5.41, 5.74) is 6.48. The first-order chi connectivity index (χ1) is 9.20. The summed E-state index contributed by atoms with van der Waals surface area (Å²) in [5.74, 6) is -0.195. The van der Waals surface area contributed by atoms with E-state index in [0.717, 1.165) is 0 Å². The van der Waals surface area contributed by atoms with Gasteiger partial charge in [0.1, 0.15) is 5.82 Å². The topological polar surface area (TPSA) is 108 Å². The van der Waals surface area contributed by atoms with Crippen LogP contribution in [0.15, 0.2) is 24.7 Å². The van der Waals surface area contributed by atoms with Crippen LogP contribution in [0.3, 0.4) is 0 Å². The molecule has 0 aliphatic heterocycles. The highest BCUT2D eigenvalue weighted by Gasteiger charge is 2.12. The second-order valence-corrected chi connectivity index (χ2v) is 3.74. The van der Waals surface area contributed by atoms with Crippen LogP contribution in [0, 0.1) is 0 Å². The number of nitrogens with two attached hydrogens (primary N) is 1. The number of nitrogens with one attached hydrogen (secondary N) is 1. The molecule has 0 atom stereocenters. The van der Waals surface area contributed by atoms with Crippen molar-refractivity contribution >= 4 is 17.5 Å². The van der Waals surface area contributed by atoms with Gasteiger partial charge in [0.2, 0.25) is 0 Å². The van der Waals surface area contributed by atoms with Gasteiger partial charge in [0.05, 0.1) is 37.3 Å². The van der Waals surface area contributed by atoms with Crippen LogP contribution in [-0.2, 0) is 11.3 Å². The summed E-state index contributed by atoms with van der Waals surface area (Å²) in [5, 5.41) is 10.6. The summed E-state index contributed by atoms with van der Waals surface area (Å²) in [6, 6.07) is 1.48. The second kappa shape index (κ2) is 5.80. The minimum atomic E-state index is -0.461. The third-order valence-corrected chi connectivity index (χ3v) is 2.46. The Morgan fingerprint density at radius 3 is 3.11 bits per heavy atom. The van der Waals surface area contributed by atoms with Crippen LogP contribution >= 0.6 is 0 Å². The third-order valence-electron chi connectivity index (χ3n) is 2.46. The predicted molar refractivity (Wildman–Crippen MR) is 68.5 cm³/mol. The summed E-state index contributed by atoms with van der Waals surface area (Å²) >= 11 is 0. The number of aromatic nitrogens is 4. The van der Waals surface area contributed by atoms with Gasteiger partial charge in [-0.25, -0.2) is 9.78 Å². The molecule has 0 saturated heterocycles. The van der Waals surface area contributed by atoms with Gasteiger partial charge in [0.25, 0.3) is 0 Å². The van der Waals surface area contributed by atoms with E-state index in [4.69, 9.17) is 10.5 Å². The number of ether oxygens (including phenoxy) is 1. The summed E-state index contributed by atoms with van der Waals surface area (Å²) in [6.07, 6.45) is 4.86. The van der Waals surface area contributed by atoms with E-state index in [2.05, 4.69) is 20.6 Å². The van der Waals surface area contributed by atoms with Crippen molar-refractivity contribution in [2.24, 2.45) is 0 Å². The molecule has 100 valence electrons. The largest absolute Gasteiger partial charge is 0.465 e. The molecule has 0 aliphatic rings. The number of pyridine rings is 1. The lowest BCUT2D eigenvalue weighted by atomic mass is 10.2. The molecule has 2 aromatic rings. The van der Waals surface area contributed by atoms with Crippen molar-refractivity contribution < 1.29 is 9.53 Å². The number of carbonyl (C=O) groups is 1. The third kappa shape index (κ3) is 3.18. The zero-order valence-electron chi connectivity index (χ0n) is 10.4. The number of hydrogen-bond acceptors (Lipinski definition) is 7. The number of hydrogen-bond donors (Lipinski definition) is 2. The Hall–Kier alpha value is -2.64. The Morgan fingerprint density at radius 2 is 2.42 bits per heavy atom. The van der Waals surface area contributed by atoms with Gasteiger partial charge < -0.3 is 15.8 Å². The molecule has 2 aromatic heterocycles. The Morgan fingerprint density at radius 1 is 1.58 bits per heavy atom. The number of methoxy groups -OCH3 is 1. The SMILES string of the molecule is COC(=O)c1cc(N)ncc1NCCn1ccnn1. The van der Waals surface area contributed by atoms with E-state index in [9.17, 15) is 4.79 Å². The maximum absolute atomic E-state index is 11.6. The Labute approximate surface area is 109 Å². The average Bonchev–Trinajstić information content (AvgIpc) is 2.92. The molecule has 2 rings (SSSR count). The van der Waals surface area contributed by atoms with E-state index in [1.165, 1.54) is 19.4 Å². The standard InChI is InChI=1S/C11H14N6O2/c1-19-11(18)8-6-10(12)14-7-9(8)13-2-4-17-5-3-15-16-17/h3,5-7,13H,2,4H2,1H3,(H2,12,14). The fourth-order valence-corrected chi connectivity index (χ4v) is 1.55. The number of rotatable bonds is 5. The van der Waals surface area contributed by atoms with Crippen LogP contribution in [0.1, 0.15) is 10.4 Å². The fraction of sp³-hybridized carbons (Fsp3) is 0.273. The maximum atomic E-state index is 11.6. The molecule has 8 nitrogen and oxygen atoms in total. The van der Waals surface area contributed by atoms with Crippen LogP contribution < -0.4 is 11.1 Å². The molecule has 0 aromatic carbocycles. The van der Waals surface area contributed by atoms with Crippen molar-refractivity contribution in [2.45, 2.75) is 6.54 Å². The van der Waals surface area contributed by atoms with E-state index >= 15 is 0 Å². The first-order valence-electron chi connectivity index (χ1n) is 5.62. The Bertz CT molecular complexity index is 554. The molecule has 0 amide bonds. The van der Waals surface area contributed by atoms with Crippen molar-refractivity contribution in [1.82, 2.24) is 20.0 Å². The summed E-state index contributed by atoms with van der Waals surface area (Å²) in [4.78, 5) is 15.6. The van der Waals surface area contributed by atoms with Crippen molar-refractivity contribution in [2.75, 3.05) is 24.7 Å². The molecule has 0 aliphatic carbocycles. The highest BCUT2D eigenvalue weighted by atomic mass is 16.5. The maximum Gasteiger partial charge on any atom is 0.340 e. The highest BCUT2D eigenvalue weighted by Crippen LogP contribution is 2.17. The molecule has 2 heterocycles. The summed E-state index contributed by atoms with van der Waals surface area (Å²) in [6.45, 7) is 1.18. The molecule has 19 heavy (non-hydrogen) atoms. The average molecular weight is 262 g/mol. The van der Waals surface area contributed by atoms with E-state index in [1.807, 2.05) is 0 Å². The molecular formula is C11H14N6O2. The molecular weight excluding hydrogens is 248 g/mol. The van der Waals surface area contributed by atoms with Crippen LogP contribution in [-0.4, -0.2) is 39.6 Å². The molecule has 0 radical (unpaired) electrons. The van der Waals surface area contributed by atoms with Gasteiger partial charge in [0.15, 0.2) is 0 Å². The minimum absolute atomic E-state index is 0.266. The molecule has 0 fully saturated rings. The van der Waals surface area contributed by atoms with Crippen LogP contribution in [0.5, 0.6) is 0 Å². The fourth-order valence-electron chi connectivity index (χ4n) is 1.55. The summed E-state index contributed by atoms with van der Waals surface area (Å²) < 4.78 is 6.37. The van der Waals surface area contributed by atoms with E-state index in [-0.39, 0.29) is 5.82 Å². The van der Waals surface area contributed by atoms with Gasteiger partial charge >= 0.3 is 5.97 Å². The predicted octanol–water partition coefficient (Wildman–Crippen LogP) is 0.154. The first-order valence-corrected chi connectivity index (χ1v) is 5.62. The number of anilines is 2. The lowest BCUT2D eigenvalue weighted by molar-refractivity contribution is 0.0601. The van der Waals surface area contributed by atoms with Gasteiger partial charge in [-0.2, -0.15) is 0 Å². The van der Waals surface area contributed by atoms with Crippen LogP contribution in [0.2, 0.25) is 0 Å². The van der Waals surface area contributed by atoms with Crippen molar-refractivity contribution in [1.29, 1.82) is 0 Å². The minimum Gasteiger partial charge on any atom is -0.465 e. The lowest BCUT2D eigenvalue weighted by Crippen LogP contribution is -2.14. The Balaban J connectivity index is 2.04. The molecule has 3 N–H and O–H groups in total. The first kappa shape index (κ1) is 12.8. The molecule has 0 unspecified atom stereocenters. The zero-order chi connectivity index (χ0) is 13.7. The zero-order valence-corrected chi connectivity index (χ0v) is 10.4. The van der Waals surface area contributed by atoms with Crippen molar-refractivity contribution in [3.63, 3.8) is 0 Å². The smallest absolute Gasteiger partial charge is 0.340 e. The van der Waals surface area contributed by atoms with E-state index in [1.54, 1.807) is 17.1 Å². The molecule has 0 saturated carbocycles.